The molecular weight excluding hydrogens is 514 g/mol. The Morgan fingerprint density at radius 3 is 2.25 bits per heavy atom. The lowest BCUT2D eigenvalue weighted by molar-refractivity contribution is -0.158. The smallest absolute Gasteiger partial charge is 0.349 e. The summed E-state index contributed by atoms with van der Waals surface area (Å²) in [6.45, 7) is 15.4. The van der Waals surface area contributed by atoms with Gasteiger partial charge in [0.05, 0.1) is 6.61 Å². The van der Waals surface area contributed by atoms with Crippen LogP contribution in [0.4, 0.5) is 0 Å². The summed E-state index contributed by atoms with van der Waals surface area (Å²) in [7, 11) is 0. The van der Waals surface area contributed by atoms with Crippen molar-refractivity contribution in [2.75, 3.05) is 26.0 Å². The van der Waals surface area contributed by atoms with Crippen LogP contribution in [0.25, 0.3) is 0 Å². The van der Waals surface area contributed by atoms with Gasteiger partial charge in [-0.25, -0.2) is 4.79 Å². The molecule has 0 spiro atoms. The Morgan fingerprint density at radius 2 is 1.65 bits per heavy atom. The first-order chi connectivity index (χ1) is 19.1. The maximum Gasteiger partial charge on any atom is 0.349 e. The molecule has 214 valence electrons. The Bertz CT molecular complexity index is 1250. The minimum absolute atomic E-state index is 0.340. The van der Waals surface area contributed by atoms with E-state index in [0.717, 1.165) is 42.9 Å². The van der Waals surface area contributed by atoms with Crippen LogP contribution in [0.15, 0.2) is 71.6 Å². The molecule has 5 heteroatoms. The number of ether oxygens (including phenoxy) is 2. The van der Waals surface area contributed by atoms with Gasteiger partial charge >= 0.3 is 5.97 Å². The summed E-state index contributed by atoms with van der Waals surface area (Å²) in [4.78, 5) is 16.4. The lowest BCUT2D eigenvalue weighted by atomic mass is 9.78. The van der Waals surface area contributed by atoms with Crippen LogP contribution in [0, 0.1) is 25.7 Å². The van der Waals surface area contributed by atoms with Crippen molar-refractivity contribution >= 4 is 17.7 Å². The highest BCUT2D eigenvalue weighted by Gasteiger charge is 2.37. The molecule has 4 nitrogen and oxygen atoms in total. The minimum atomic E-state index is -1.04. The summed E-state index contributed by atoms with van der Waals surface area (Å²) in [6, 6.07) is 24.5. The van der Waals surface area contributed by atoms with Crippen molar-refractivity contribution in [2.24, 2.45) is 11.8 Å². The fraction of sp³-hybridized carbons (Fsp3) is 0.457. The predicted molar refractivity (Wildman–Crippen MR) is 166 cm³/mol. The quantitative estimate of drug-likeness (QED) is 0.177. The molecule has 1 unspecified atom stereocenters. The summed E-state index contributed by atoms with van der Waals surface area (Å²) in [6.07, 6.45) is 3.15. The van der Waals surface area contributed by atoms with Gasteiger partial charge in [-0.1, -0.05) is 61.5 Å². The lowest BCUT2D eigenvalue weighted by Gasteiger charge is -2.28. The van der Waals surface area contributed by atoms with Crippen LogP contribution in [0.3, 0.4) is 0 Å². The minimum Gasteiger partial charge on any atom is -0.476 e. The van der Waals surface area contributed by atoms with E-state index < -0.39 is 5.60 Å². The molecule has 0 bridgehead atoms. The SMILES string of the molecule is CCOC(=O)C(C)(C)Oc1c(C)cc(C[C@H]2CN(Cc3ccccc3)C[C@@H]2C(C)c2ccc(SC)cc2)cc1C. The number of nitrogens with zero attached hydrogens (tertiary/aromatic N) is 1. The van der Waals surface area contributed by atoms with Crippen molar-refractivity contribution < 1.29 is 14.3 Å². The van der Waals surface area contributed by atoms with Gasteiger partial charge in [0, 0.05) is 24.5 Å². The zero-order chi connectivity index (χ0) is 28.9. The van der Waals surface area contributed by atoms with E-state index in [1.165, 1.54) is 21.6 Å². The van der Waals surface area contributed by atoms with Crippen LogP contribution in [0.2, 0.25) is 0 Å². The predicted octanol–water partition coefficient (Wildman–Crippen LogP) is 7.84. The van der Waals surface area contributed by atoms with Crippen LogP contribution in [0.1, 0.15) is 61.4 Å². The zero-order valence-electron chi connectivity index (χ0n) is 25.2. The molecule has 0 amide bonds. The van der Waals surface area contributed by atoms with Gasteiger partial charge in [-0.2, -0.15) is 0 Å². The first-order valence-electron chi connectivity index (χ1n) is 14.5. The van der Waals surface area contributed by atoms with Crippen molar-refractivity contribution in [3.8, 4) is 5.75 Å². The molecule has 0 saturated carbocycles. The molecular formula is C35H45NO3S. The van der Waals surface area contributed by atoms with Gasteiger partial charge in [0.25, 0.3) is 0 Å². The third kappa shape index (κ3) is 7.30. The molecule has 4 rings (SSSR count). The molecule has 3 aromatic carbocycles. The highest BCUT2D eigenvalue weighted by molar-refractivity contribution is 7.98. The van der Waals surface area contributed by atoms with Gasteiger partial charge < -0.3 is 9.47 Å². The summed E-state index contributed by atoms with van der Waals surface area (Å²) >= 11 is 1.79. The van der Waals surface area contributed by atoms with Crippen LogP contribution in [0.5, 0.6) is 5.75 Å². The van der Waals surface area contributed by atoms with Gasteiger partial charge in [-0.05, 0) is 105 Å². The number of esters is 1. The molecule has 3 atom stereocenters. The average molecular weight is 560 g/mol. The number of rotatable bonds is 11. The average Bonchev–Trinajstić information content (AvgIpc) is 3.32. The van der Waals surface area contributed by atoms with Crippen molar-refractivity contribution in [1.82, 2.24) is 4.90 Å². The van der Waals surface area contributed by atoms with E-state index in [1.807, 2.05) is 6.92 Å². The van der Waals surface area contributed by atoms with E-state index in [0.29, 0.717) is 24.4 Å². The Kier molecular flexibility index (Phi) is 10.0. The Hall–Kier alpha value is -2.76. The molecule has 1 aliphatic heterocycles. The number of hydrogen-bond acceptors (Lipinski definition) is 5. The largest absolute Gasteiger partial charge is 0.476 e. The monoisotopic (exact) mass is 559 g/mol. The van der Waals surface area contributed by atoms with Gasteiger partial charge in [-0.15, -0.1) is 11.8 Å². The van der Waals surface area contributed by atoms with Crippen molar-refractivity contribution in [3.05, 3.63) is 94.5 Å². The summed E-state index contributed by atoms with van der Waals surface area (Å²) < 4.78 is 11.5. The fourth-order valence-corrected chi connectivity index (χ4v) is 6.53. The van der Waals surface area contributed by atoms with Gasteiger partial charge in [0.2, 0.25) is 0 Å². The summed E-state index contributed by atoms with van der Waals surface area (Å²) in [5.41, 5.74) is 5.20. The number of benzene rings is 3. The maximum atomic E-state index is 12.5. The van der Waals surface area contributed by atoms with Crippen LogP contribution < -0.4 is 4.74 Å². The molecule has 0 radical (unpaired) electrons. The van der Waals surface area contributed by atoms with E-state index >= 15 is 0 Å². The second-order valence-corrected chi connectivity index (χ2v) is 12.6. The van der Waals surface area contributed by atoms with Gasteiger partial charge in [0.15, 0.2) is 5.60 Å². The third-order valence-corrected chi connectivity index (χ3v) is 8.99. The number of thioether (sulfide) groups is 1. The number of likely N-dealkylation sites (tertiary alicyclic amines) is 1. The molecule has 1 heterocycles. The number of carbonyl (C=O) groups excluding carboxylic acids is 1. The van der Waals surface area contributed by atoms with Crippen molar-refractivity contribution in [3.63, 3.8) is 0 Å². The Labute approximate surface area is 245 Å². The molecule has 1 saturated heterocycles. The van der Waals surface area contributed by atoms with E-state index in [-0.39, 0.29) is 5.97 Å². The van der Waals surface area contributed by atoms with Crippen LogP contribution in [-0.2, 0) is 22.5 Å². The first kappa shape index (κ1) is 30.2. The highest BCUT2D eigenvalue weighted by atomic mass is 32.2. The molecule has 0 aromatic heterocycles. The number of aryl methyl sites for hydroxylation is 2. The summed E-state index contributed by atoms with van der Waals surface area (Å²) in [5, 5.41) is 0. The number of carbonyl (C=O) groups is 1. The topological polar surface area (TPSA) is 38.8 Å². The van der Waals surface area contributed by atoms with Crippen LogP contribution in [-0.4, -0.2) is 42.4 Å². The highest BCUT2D eigenvalue weighted by Crippen LogP contribution is 2.39. The molecule has 40 heavy (non-hydrogen) atoms. The molecule has 1 aliphatic rings. The van der Waals surface area contributed by atoms with E-state index in [9.17, 15) is 4.79 Å². The maximum absolute atomic E-state index is 12.5. The zero-order valence-corrected chi connectivity index (χ0v) is 26.0. The van der Waals surface area contributed by atoms with Crippen molar-refractivity contribution in [1.29, 1.82) is 0 Å². The van der Waals surface area contributed by atoms with E-state index in [2.05, 4.69) is 98.7 Å². The standard InChI is InChI=1S/C35H45NO3S/c1-8-38-34(37)35(5,6)39-33-24(2)18-28(19-25(33)3)20-30-22-36(21-27-12-10-9-11-13-27)23-32(30)26(4)29-14-16-31(40-7)17-15-29/h9-19,26,30,32H,8,20-23H2,1-7H3/t26?,30-,32+/m0/s1. The normalized spacial score (nSPS) is 18.5. The van der Waals surface area contributed by atoms with Crippen LogP contribution >= 0.6 is 11.8 Å². The van der Waals surface area contributed by atoms with E-state index in [4.69, 9.17) is 9.47 Å². The second-order valence-electron chi connectivity index (χ2n) is 11.8. The molecule has 0 aliphatic carbocycles. The van der Waals surface area contributed by atoms with E-state index in [1.54, 1.807) is 25.6 Å². The first-order valence-corrected chi connectivity index (χ1v) is 15.7. The second kappa shape index (κ2) is 13.3. The Morgan fingerprint density at radius 1 is 1.00 bits per heavy atom. The summed E-state index contributed by atoms with van der Waals surface area (Å²) in [5.74, 6) is 2.00. The van der Waals surface area contributed by atoms with Gasteiger partial charge in [-0.3, -0.25) is 4.90 Å². The molecule has 1 fully saturated rings. The van der Waals surface area contributed by atoms with Gasteiger partial charge in [0.1, 0.15) is 5.75 Å². The number of hydrogen-bond donors (Lipinski definition) is 0. The molecule has 3 aromatic rings. The van der Waals surface area contributed by atoms with Crippen molar-refractivity contribution in [2.45, 2.75) is 70.9 Å². The molecule has 0 N–H and O–H groups in total. The third-order valence-electron chi connectivity index (χ3n) is 8.24. The Balaban J connectivity index is 1.56. The lowest BCUT2D eigenvalue weighted by Crippen LogP contribution is -2.40. The fourth-order valence-electron chi connectivity index (χ4n) is 6.12.